The first kappa shape index (κ1) is 25.9. The Morgan fingerprint density at radius 2 is 1.69 bits per heavy atom. The molecule has 7 nitrogen and oxygen atoms in total. The number of fused-ring (bicyclic) bond motifs is 1. The summed E-state index contributed by atoms with van der Waals surface area (Å²) >= 11 is 0. The van der Waals surface area contributed by atoms with E-state index in [0.717, 1.165) is 17.5 Å². The minimum atomic E-state index is -3.95. The van der Waals surface area contributed by atoms with Crippen molar-refractivity contribution in [2.24, 2.45) is 0 Å². The fourth-order valence-corrected chi connectivity index (χ4v) is 5.50. The van der Waals surface area contributed by atoms with Crippen LogP contribution < -0.4 is 14.8 Å². The SMILES string of the molecule is CCc1ccc(S(=O)(=O)N[C@H]2c3cc(C(=O)NCCc4ccccc4)ccc3OC(C)(C)[C@@H]2O)cc1. The maximum atomic E-state index is 13.2. The monoisotopic (exact) mass is 508 g/mol. The van der Waals surface area contributed by atoms with Gasteiger partial charge < -0.3 is 15.2 Å². The third kappa shape index (κ3) is 5.61. The fourth-order valence-electron chi connectivity index (χ4n) is 4.28. The number of carbonyl (C=O) groups is 1. The Hall–Kier alpha value is -3.20. The zero-order valence-corrected chi connectivity index (χ0v) is 21.5. The number of aliphatic hydroxyl groups is 1. The molecule has 3 aromatic rings. The van der Waals surface area contributed by atoms with Crippen LogP contribution in [0.3, 0.4) is 0 Å². The summed E-state index contributed by atoms with van der Waals surface area (Å²) in [5, 5.41) is 14.0. The average molecular weight is 509 g/mol. The maximum Gasteiger partial charge on any atom is 0.251 e. The van der Waals surface area contributed by atoms with Crippen LogP contribution in [0.1, 0.15) is 53.9 Å². The highest BCUT2D eigenvalue weighted by Crippen LogP contribution is 2.41. The van der Waals surface area contributed by atoms with Gasteiger partial charge in [0.15, 0.2) is 0 Å². The van der Waals surface area contributed by atoms with Gasteiger partial charge in [0.25, 0.3) is 5.91 Å². The molecule has 1 amide bonds. The van der Waals surface area contributed by atoms with E-state index in [1.807, 2.05) is 37.3 Å². The number of aliphatic hydroxyl groups excluding tert-OH is 1. The van der Waals surface area contributed by atoms with Crippen LogP contribution in [0.4, 0.5) is 0 Å². The molecule has 0 unspecified atom stereocenters. The van der Waals surface area contributed by atoms with Crippen LogP contribution in [0.15, 0.2) is 77.7 Å². The van der Waals surface area contributed by atoms with Gasteiger partial charge in [-0.15, -0.1) is 0 Å². The third-order valence-corrected chi connectivity index (χ3v) is 7.93. The van der Waals surface area contributed by atoms with Crippen molar-refractivity contribution in [3.63, 3.8) is 0 Å². The molecule has 1 aliphatic heterocycles. The largest absolute Gasteiger partial charge is 0.485 e. The molecule has 2 atom stereocenters. The highest BCUT2D eigenvalue weighted by molar-refractivity contribution is 7.89. The number of sulfonamides is 1. The minimum Gasteiger partial charge on any atom is -0.485 e. The van der Waals surface area contributed by atoms with E-state index < -0.39 is 27.8 Å². The van der Waals surface area contributed by atoms with E-state index in [0.29, 0.717) is 29.8 Å². The number of hydrogen-bond donors (Lipinski definition) is 3. The highest BCUT2D eigenvalue weighted by atomic mass is 32.2. The molecule has 0 fully saturated rings. The number of aryl methyl sites for hydroxylation is 1. The van der Waals surface area contributed by atoms with Gasteiger partial charge in [0.05, 0.1) is 10.9 Å². The Kier molecular flexibility index (Phi) is 7.49. The molecule has 0 aliphatic carbocycles. The molecule has 36 heavy (non-hydrogen) atoms. The van der Waals surface area contributed by atoms with Gasteiger partial charge in [-0.05, 0) is 68.1 Å². The molecule has 190 valence electrons. The standard InChI is InChI=1S/C28H32N2O5S/c1-4-19-10-13-22(14-11-19)36(33,34)30-25-23-18-21(12-15-24(23)35-28(2,3)26(25)31)27(32)29-17-16-20-8-6-5-7-9-20/h5-15,18,25-26,30-31H,4,16-17H2,1-3H3,(H,29,32)/t25-,26+/m0/s1. The number of hydrogen-bond acceptors (Lipinski definition) is 5. The predicted molar refractivity (Wildman–Crippen MR) is 139 cm³/mol. The van der Waals surface area contributed by atoms with Crippen LogP contribution in [-0.4, -0.2) is 37.7 Å². The van der Waals surface area contributed by atoms with Crippen molar-refractivity contribution in [3.8, 4) is 5.75 Å². The highest BCUT2D eigenvalue weighted by Gasteiger charge is 2.44. The summed E-state index contributed by atoms with van der Waals surface area (Å²) in [6.45, 7) is 5.84. The molecule has 0 radical (unpaired) electrons. The molecule has 0 saturated carbocycles. The van der Waals surface area contributed by atoms with Gasteiger partial charge in [0.2, 0.25) is 10.0 Å². The molecule has 8 heteroatoms. The molecule has 1 aliphatic rings. The van der Waals surface area contributed by atoms with Crippen LogP contribution in [0.5, 0.6) is 5.75 Å². The summed E-state index contributed by atoms with van der Waals surface area (Å²) in [5.41, 5.74) is 1.85. The van der Waals surface area contributed by atoms with E-state index >= 15 is 0 Å². The van der Waals surface area contributed by atoms with Gasteiger partial charge in [-0.1, -0.05) is 49.4 Å². The Morgan fingerprint density at radius 1 is 1.00 bits per heavy atom. The number of amides is 1. The molecule has 0 bridgehead atoms. The van der Waals surface area contributed by atoms with Crippen molar-refractivity contribution >= 4 is 15.9 Å². The van der Waals surface area contributed by atoms with Crippen molar-refractivity contribution in [2.45, 2.75) is 56.3 Å². The summed E-state index contributed by atoms with van der Waals surface area (Å²) in [6, 6.07) is 20.3. The Bertz CT molecular complexity index is 1320. The molecule has 4 rings (SSSR count). The second kappa shape index (κ2) is 10.4. The van der Waals surface area contributed by atoms with Crippen molar-refractivity contribution < 1.29 is 23.1 Å². The minimum absolute atomic E-state index is 0.104. The normalized spacial score (nSPS) is 18.7. The quantitative estimate of drug-likeness (QED) is 0.430. The molecule has 0 aromatic heterocycles. The summed E-state index contributed by atoms with van der Waals surface area (Å²) in [5.74, 6) is 0.130. The average Bonchev–Trinajstić information content (AvgIpc) is 2.87. The van der Waals surface area contributed by atoms with Gasteiger partial charge in [-0.3, -0.25) is 4.79 Å². The first-order valence-electron chi connectivity index (χ1n) is 12.0. The second-order valence-corrected chi connectivity index (χ2v) is 11.2. The number of nitrogens with one attached hydrogen (secondary N) is 2. The molecule has 3 aromatic carbocycles. The lowest BCUT2D eigenvalue weighted by atomic mass is 9.86. The number of rotatable bonds is 8. The van der Waals surface area contributed by atoms with E-state index in [2.05, 4.69) is 10.0 Å². The maximum absolute atomic E-state index is 13.2. The van der Waals surface area contributed by atoms with Crippen LogP contribution in [0.2, 0.25) is 0 Å². The van der Waals surface area contributed by atoms with Gasteiger partial charge in [0, 0.05) is 17.7 Å². The summed E-state index contributed by atoms with van der Waals surface area (Å²) in [4.78, 5) is 13.0. The van der Waals surface area contributed by atoms with Crippen LogP contribution in [-0.2, 0) is 22.9 Å². The van der Waals surface area contributed by atoms with Crippen molar-refractivity contribution in [3.05, 3.63) is 95.1 Å². The second-order valence-electron chi connectivity index (χ2n) is 9.49. The van der Waals surface area contributed by atoms with E-state index in [-0.39, 0.29) is 10.8 Å². The van der Waals surface area contributed by atoms with Crippen molar-refractivity contribution in [1.82, 2.24) is 10.0 Å². The molecule has 0 spiro atoms. The number of carbonyl (C=O) groups excluding carboxylic acids is 1. The summed E-state index contributed by atoms with van der Waals surface area (Å²) in [7, 11) is -3.95. The first-order valence-corrected chi connectivity index (χ1v) is 13.5. The zero-order valence-electron chi connectivity index (χ0n) is 20.7. The van der Waals surface area contributed by atoms with Crippen molar-refractivity contribution in [2.75, 3.05) is 6.54 Å². The summed E-state index contributed by atoms with van der Waals surface area (Å²) < 4.78 is 35.1. The third-order valence-electron chi connectivity index (χ3n) is 6.47. The molecular formula is C28H32N2O5S. The fraction of sp³-hybridized carbons (Fsp3) is 0.321. The van der Waals surface area contributed by atoms with Gasteiger partial charge in [-0.2, -0.15) is 0 Å². The van der Waals surface area contributed by atoms with Crippen LogP contribution in [0, 0.1) is 0 Å². The Balaban J connectivity index is 1.58. The first-order chi connectivity index (χ1) is 17.1. The lowest BCUT2D eigenvalue weighted by Crippen LogP contribution is -2.53. The van der Waals surface area contributed by atoms with E-state index in [4.69, 9.17) is 4.74 Å². The van der Waals surface area contributed by atoms with Gasteiger partial charge in [-0.25, -0.2) is 13.1 Å². The smallest absolute Gasteiger partial charge is 0.251 e. The molecule has 3 N–H and O–H groups in total. The van der Waals surface area contributed by atoms with E-state index in [1.165, 1.54) is 0 Å². The lowest BCUT2D eigenvalue weighted by molar-refractivity contribution is -0.0603. The van der Waals surface area contributed by atoms with Crippen LogP contribution in [0.25, 0.3) is 0 Å². The molecular weight excluding hydrogens is 476 g/mol. The molecule has 1 heterocycles. The van der Waals surface area contributed by atoms with Crippen molar-refractivity contribution in [1.29, 1.82) is 0 Å². The van der Waals surface area contributed by atoms with E-state index in [1.54, 1.807) is 56.3 Å². The zero-order chi connectivity index (χ0) is 25.9. The molecule has 0 saturated heterocycles. The Morgan fingerprint density at radius 3 is 2.36 bits per heavy atom. The lowest BCUT2D eigenvalue weighted by Gasteiger charge is -2.42. The number of benzene rings is 3. The Labute approximate surface area is 212 Å². The van der Waals surface area contributed by atoms with Gasteiger partial charge in [0.1, 0.15) is 17.5 Å². The topological polar surface area (TPSA) is 105 Å². The summed E-state index contributed by atoms with van der Waals surface area (Å²) in [6.07, 6.45) is 0.294. The van der Waals surface area contributed by atoms with E-state index in [9.17, 15) is 18.3 Å². The van der Waals surface area contributed by atoms with Crippen LogP contribution >= 0.6 is 0 Å². The predicted octanol–water partition coefficient (Wildman–Crippen LogP) is 3.77. The van der Waals surface area contributed by atoms with Gasteiger partial charge >= 0.3 is 0 Å². The number of ether oxygens (including phenoxy) is 1.